The van der Waals surface area contributed by atoms with Crippen molar-refractivity contribution in [1.29, 1.82) is 0 Å². The Hall–Kier alpha value is -2.59. The van der Waals surface area contributed by atoms with Gasteiger partial charge in [0.2, 0.25) is 5.96 Å². The molecule has 2 aromatic heterocycles. The second kappa shape index (κ2) is 7.11. The molecule has 4 N–H and O–H groups in total. The average Bonchev–Trinajstić information content (AvgIpc) is 3.08. The zero-order valence-corrected chi connectivity index (χ0v) is 14.1. The Morgan fingerprint density at radius 2 is 2.04 bits per heavy atom. The number of fused-ring (bicyclic) bond motifs is 1. The summed E-state index contributed by atoms with van der Waals surface area (Å²) >= 11 is 1.35. The summed E-state index contributed by atoms with van der Waals surface area (Å²) in [5.74, 6) is -0.224. The number of nitrogens with zero attached hydrogens (tertiary/aromatic N) is 4. The van der Waals surface area contributed by atoms with Gasteiger partial charge in [0, 0.05) is 17.1 Å². The van der Waals surface area contributed by atoms with Crippen LogP contribution < -0.4 is 11.5 Å². The minimum absolute atomic E-state index is 0. The van der Waals surface area contributed by atoms with Gasteiger partial charge in [-0.05, 0) is 12.1 Å². The van der Waals surface area contributed by atoms with E-state index in [4.69, 9.17) is 11.5 Å². The first-order valence-corrected chi connectivity index (χ1v) is 7.49. The molecule has 0 bridgehead atoms. The standard InChI is InChI=1S/C14H11F3N6S.ClH/c15-14(16,17)9-3-1-2-8(6-9)11-10(7-20-22-12(18)19)23-4-5-24-13(23)21-11;/h1-7H,(H4,18,19,22);1H/b20-7+;. The molecule has 0 atom stereocenters. The van der Waals surface area contributed by atoms with Crippen molar-refractivity contribution in [2.24, 2.45) is 21.7 Å². The second-order valence-corrected chi connectivity index (χ2v) is 5.62. The fourth-order valence-electron chi connectivity index (χ4n) is 2.13. The quantitative estimate of drug-likeness (QED) is 0.410. The van der Waals surface area contributed by atoms with Crippen LogP contribution in [-0.4, -0.2) is 21.6 Å². The van der Waals surface area contributed by atoms with Gasteiger partial charge >= 0.3 is 6.18 Å². The van der Waals surface area contributed by atoms with Crippen molar-refractivity contribution in [3.05, 3.63) is 47.1 Å². The largest absolute Gasteiger partial charge is 0.416 e. The summed E-state index contributed by atoms with van der Waals surface area (Å²) in [7, 11) is 0. The smallest absolute Gasteiger partial charge is 0.369 e. The Kier molecular flexibility index (Phi) is 5.33. The molecule has 0 aliphatic carbocycles. The van der Waals surface area contributed by atoms with Crippen molar-refractivity contribution in [2.45, 2.75) is 6.18 Å². The lowest BCUT2D eigenvalue weighted by Gasteiger charge is -2.08. The average molecular weight is 389 g/mol. The molecule has 2 heterocycles. The van der Waals surface area contributed by atoms with Crippen molar-refractivity contribution in [2.75, 3.05) is 0 Å². The van der Waals surface area contributed by atoms with E-state index < -0.39 is 11.7 Å². The predicted molar refractivity (Wildman–Crippen MR) is 94.2 cm³/mol. The van der Waals surface area contributed by atoms with Gasteiger partial charge in [-0.1, -0.05) is 12.1 Å². The number of alkyl halides is 3. The first-order chi connectivity index (χ1) is 11.4. The number of rotatable bonds is 3. The highest BCUT2D eigenvalue weighted by Gasteiger charge is 2.30. The third-order valence-corrected chi connectivity index (χ3v) is 3.87. The molecule has 11 heteroatoms. The minimum atomic E-state index is -4.43. The zero-order valence-electron chi connectivity index (χ0n) is 12.4. The fourth-order valence-corrected chi connectivity index (χ4v) is 2.85. The number of imidazole rings is 1. The van der Waals surface area contributed by atoms with Gasteiger partial charge in [-0.15, -0.1) is 28.8 Å². The van der Waals surface area contributed by atoms with E-state index in [2.05, 4.69) is 15.2 Å². The monoisotopic (exact) mass is 388 g/mol. The Labute approximate surface area is 150 Å². The van der Waals surface area contributed by atoms with Crippen molar-refractivity contribution in [3.8, 4) is 11.3 Å². The second-order valence-electron chi connectivity index (χ2n) is 4.75. The number of aromatic nitrogens is 2. The number of hydrogen-bond acceptors (Lipinski definition) is 4. The van der Waals surface area contributed by atoms with Gasteiger partial charge in [0.05, 0.1) is 23.2 Å². The van der Waals surface area contributed by atoms with Crippen LogP contribution in [0.5, 0.6) is 0 Å². The van der Waals surface area contributed by atoms with Crippen molar-refractivity contribution < 1.29 is 13.2 Å². The van der Waals surface area contributed by atoms with Crippen LogP contribution >= 0.6 is 23.7 Å². The van der Waals surface area contributed by atoms with Crippen LogP contribution in [0.3, 0.4) is 0 Å². The van der Waals surface area contributed by atoms with E-state index in [-0.39, 0.29) is 18.4 Å². The SMILES string of the molecule is Cl.NC(N)=N/N=C/c1c(-c2cccc(C(F)(F)F)c2)nc2sccn12. The third-order valence-electron chi connectivity index (χ3n) is 3.12. The Morgan fingerprint density at radius 3 is 2.72 bits per heavy atom. The van der Waals surface area contributed by atoms with Crippen LogP contribution in [0.25, 0.3) is 16.2 Å². The van der Waals surface area contributed by atoms with Crippen molar-refractivity contribution in [3.63, 3.8) is 0 Å². The summed E-state index contributed by atoms with van der Waals surface area (Å²) in [4.78, 5) is 4.99. The van der Waals surface area contributed by atoms with E-state index in [0.29, 0.717) is 21.9 Å². The van der Waals surface area contributed by atoms with Crippen LogP contribution in [0, 0.1) is 0 Å². The molecular weight excluding hydrogens is 377 g/mol. The molecule has 3 aromatic rings. The highest BCUT2D eigenvalue weighted by molar-refractivity contribution is 7.15. The number of guanidine groups is 1. The summed E-state index contributed by atoms with van der Waals surface area (Å²) in [6.07, 6.45) is -1.34. The van der Waals surface area contributed by atoms with Gasteiger partial charge in [0.15, 0.2) is 4.96 Å². The number of thiazole rings is 1. The van der Waals surface area contributed by atoms with Gasteiger partial charge in [-0.25, -0.2) is 4.98 Å². The number of benzene rings is 1. The van der Waals surface area contributed by atoms with E-state index in [1.807, 2.05) is 0 Å². The van der Waals surface area contributed by atoms with Crippen LogP contribution in [0.4, 0.5) is 13.2 Å². The molecule has 0 amide bonds. The van der Waals surface area contributed by atoms with Crippen LogP contribution in [0.15, 0.2) is 46.0 Å². The van der Waals surface area contributed by atoms with Crippen molar-refractivity contribution >= 4 is 40.9 Å². The molecule has 0 unspecified atom stereocenters. The lowest BCUT2D eigenvalue weighted by molar-refractivity contribution is -0.137. The topological polar surface area (TPSA) is 94.1 Å². The molecule has 3 rings (SSSR count). The first-order valence-electron chi connectivity index (χ1n) is 6.61. The van der Waals surface area contributed by atoms with E-state index in [1.165, 1.54) is 23.6 Å². The summed E-state index contributed by atoms with van der Waals surface area (Å²) in [5, 5.41) is 9.04. The Morgan fingerprint density at radius 1 is 1.28 bits per heavy atom. The van der Waals surface area contributed by atoms with Crippen LogP contribution in [-0.2, 0) is 6.18 Å². The van der Waals surface area contributed by atoms with E-state index in [9.17, 15) is 13.2 Å². The summed E-state index contributed by atoms with van der Waals surface area (Å²) < 4.78 is 40.5. The molecule has 0 spiro atoms. The van der Waals surface area contributed by atoms with E-state index >= 15 is 0 Å². The highest BCUT2D eigenvalue weighted by atomic mass is 35.5. The number of halogens is 4. The summed E-state index contributed by atoms with van der Waals surface area (Å²) in [6.45, 7) is 0. The maximum Gasteiger partial charge on any atom is 0.416 e. The molecular formula is C14H12ClF3N6S. The van der Waals surface area contributed by atoms with Gasteiger partial charge in [0.1, 0.15) is 0 Å². The van der Waals surface area contributed by atoms with Gasteiger partial charge in [-0.2, -0.15) is 18.3 Å². The molecule has 6 nitrogen and oxygen atoms in total. The molecule has 0 radical (unpaired) electrons. The maximum absolute atomic E-state index is 12.9. The minimum Gasteiger partial charge on any atom is -0.369 e. The van der Waals surface area contributed by atoms with E-state index in [0.717, 1.165) is 12.1 Å². The molecule has 25 heavy (non-hydrogen) atoms. The fraction of sp³-hybridized carbons (Fsp3) is 0.0714. The normalized spacial score (nSPS) is 11.6. The summed E-state index contributed by atoms with van der Waals surface area (Å²) in [5.41, 5.74) is 10.8. The van der Waals surface area contributed by atoms with Gasteiger partial charge in [-0.3, -0.25) is 4.40 Å². The predicted octanol–water partition coefficient (Wildman–Crippen LogP) is 3.11. The van der Waals surface area contributed by atoms with Gasteiger partial charge < -0.3 is 11.5 Å². The van der Waals surface area contributed by atoms with Gasteiger partial charge in [0.25, 0.3) is 0 Å². The Balaban J connectivity index is 0.00000225. The molecule has 1 aromatic carbocycles. The zero-order chi connectivity index (χ0) is 17.3. The molecule has 0 aliphatic rings. The number of hydrogen-bond donors (Lipinski definition) is 2. The third kappa shape index (κ3) is 3.91. The van der Waals surface area contributed by atoms with Crippen molar-refractivity contribution in [1.82, 2.24) is 9.38 Å². The molecule has 0 saturated carbocycles. The molecule has 132 valence electrons. The van der Waals surface area contributed by atoms with Crippen LogP contribution in [0.2, 0.25) is 0 Å². The lowest BCUT2D eigenvalue weighted by Crippen LogP contribution is -2.21. The molecule has 0 saturated heterocycles. The number of nitrogens with two attached hydrogens (primary N) is 2. The first kappa shape index (κ1) is 18.7. The lowest BCUT2D eigenvalue weighted by atomic mass is 10.1. The van der Waals surface area contributed by atoms with E-state index in [1.54, 1.807) is 22.0 Å². The maximum atomic E-state index is 12.9. The molecule has 0 fully saturated rings. The Bertz CT molecular complexity index is 940. The summed E-state index contributed by atoms with van der Waals surface area (Å²) in [6, 6.07) is 4.95. The molecule has 0 aliphatic heterocycles. The van der Waals surface area contributed by atoms with Crippen LogP contribution in [0.1, 0.15) is 11.3 Å². The highest BCUT2D eigenvalue weighted by Crippen LogP contribution is 2.33.